The molecule has 0 aliphatic carbocycles. The molecule has 0 atom stereocenters. The molecular formula is C13H15FN2O. The second kappa shape index (κ2) is 4.99. The molecule has 1 heterocycles. The van der Waals surface area contributed by atoms with Crippen molar-refractivity contribution in [3.05, 3.63) is 48.3 Å². The van der Waals surface area contributed by atoms with Crippen LogP contribution in [0, 0.1) is 5.82 Å². The summed E-state index contributed by atoms with van der Waals surface area (Å²) in [6.45, 7) is 4.45. The van der Waals surface area contributed by atoms with Gasteiger partial charge in [0.25, 0.3) is 0 Å². The van der Waals surface area contributed by atoms with Crippen molar-refractivity contribution in [2.24, 2.45) is 0 Å². The van der Waals surface area contributed by atoms with Crippen LogP contribution >= 0.6 is 0 Å². The summed E-state index contributed by atoms with van der Waals surface area (Å²) in [4.78, 5) is 4.07. The van der Waals surface area contributed by atoms with E-state index in [9.17, 15) is 4.39 Å². The topological polar surface area (TPSA) is 27.1 Å². The van der Waals surface area contributed by atoms with E-state index in [1.54, 1.807) is 30.7 Å². The van der Waals surface area contributed by atoms with Crippen LogP contribution in [0.25, 0.3) is 0 Å². The summed E-state index contributed by atoms with van der Waals surface area (Å²) >= 11 is 0. The van der Waals surface area contributed by atoms with Crippen molar-refractivity contribution in [2.75, 3.05) is 0 Å². The second-order valence-corrected chi connectivity index (χ2v) is 4.11. The number of ether oxygens (including phenoxy) is 1. The normalized spacial score (nSPS) is 10.8. The quantitative estimate of drug-likeness (QED) is 0.812. The van der Waals surface area contributed by atoms with E-state index in [-0.39, 0.29) is 11.6 Å². The number of hydrogen-bond acceptors (Lipinski definition) is 2. The molecule has 3 nitrogen and oxygen atoms in total. The van der Waals surface area contributed by atoms with Gasteiger partial charge in [0.05, 0.1) is 18.2 Å². The van der Waals surface area contributed by atoms with Gasteiger partial charge in [0, 0.05) is 6.04 Å². The predicted molar refractivity (Wildman–Crippen MR) is 63.3 cm³/mol. The number of imidazole rings is 1. The minimum Gasteiger partial charge on any atom is -0.484 e. The van der Waals surface area contributed by atoms with Gasteiger partial charge in [0.2, 0.25) is 0 Å². The maximum Gasteiger partial charge on any atom is 0.165 e. The van der Waals surface area contributed by atoms with Crippen LogP contribution in [-0.2, 0) is 6.61 Å². The third-order valence-corrected chi connectivity index (χ3v) is 2.51. The van der Waals surface area contributed by atoms with Gasteiger partial charge in [-0.3, -0.25) is 0 Å². The minimum absolute atomic E-state index is 0.268. The maximum atomic E-state index is 13.3. The monoisotopic (exact) mass is 234 g/mol. The molecule has 0 spiro atoms. The molecule has 2 aromatic rings. The molecule has 0 saturated carbocycles. The smallest absolute Gasteiger partial charge is 0.165 e. The summed E-state index contributed by atoms with van der Waals surface area (Å²) in [5.41, 5.74) is 0.934. The van der Waals surface area contributed by atoms with Crippen LogP contribution in [0.2, 0.25) is 0 Å². The van der Waals surface area contributed by atoms with Crippen molar-refractivity contribution in [3.63, 3.8) is 0 Å². The molecule has 4 heteroatoms. The lowest BCUT2D eigenvalue weighted by Crippen LogP contribution is -2.07. The molecule has 0 radical (unpaired) electrons. The van der Waals surface area contributed by atoms with Crippen LogP contribution in [0.1, 0.15) is 25.6 Å². The molecule has 90 valence electrons. The number of benzene rings is 1. The number of rotatable bonds is 4. The molecule has 0 N–H and O–H groups in total. The third-order valence-electron chi connectivity index (χ3n) is 2.51. The van der Waals surface area contributed by atoms with Gasteiger partial charge in [0.15, 0.2) is 11.6 Å². The number of aromatic nitrogens is 2. The van der Waals surface area contributed by atoms with Gasteiger partial charge in [-0.1, -0.05) is 12.1 Å². The first kappa shape index (κ1) is 11.6. The zero-order chi connectivity index (χ0) is 12.3. The van der Waals surface area contributed by atoms with Gasteiger partial charge in [0.1, 0.15) is 6.61 Å². The maximum absolute atomic E-state index is 13.3. The Morgan fingerprint density at radius 2 is 2.12 bits per heavy atom. The first-order valence-corrected chi connectivity index (χ1v) is 5.56. The van der Waals surface area contributed by atoms with Crippen molar-refractivity contribution in [1.82, 2.24) is 9.55 Å². The van der Waals surface area contributed by atoms with Crippen molar-refractivity contribution in [3.8, 4) is 5.75 Å². The lowest BCUT2D eigenvalue weighted by molar-refractivity contribution is 0.278. The first-order chi connectivity index (χ1) is 8.18. The van der Waals surface area contributed by atoms with E-state index in [4.69, 9.17) is 4.74 Å². The van der Waals surface area contributed by atoms with Gasteiger partial charge < -0.3 is 9.30 Å². The van der Waals surface area contributed by atoms with Crippen molar-refractivity contribution in [2.45, 2.75) is 26.5 Å². The summed E-state index contributed by atoms with van der Waals surface area (Å²) in [6, 6.07) is 6.70. The molecule has 1 aromatic heterocycles. The van der Waals surface area contributed by atoms with Gasteiger partial charge in [-0.2, -0.15) is 0 Å². The summed E-state index contributed by atoms with van der Waals surface area (Å²) in [5, 5.41) is 0. The highest BCUT2D eigenvalue weighted by atomic mass is 19.1. The van der Waals surface area contributed by atoms with E-state index in [0.29, 0.717) is 12.6 Å². The Hall–Kier alpha value is -1.84. The fourth-order valence-corrected chi connectivity index (χ4v) is 1.62. The van der Waals surface area contributed by atoms with E-state index < -0.39 is 0 Å². The molecule has 0 bridgehead atoms. The number of halogens is 1. The minimum atomic E-state index is -0.344. The summed E-state index contributed by atoms with van der Waals surface area (Å²) < 4.78 is 20.8. The van der Waals surface area contributed by atoms with Gasteiger partial charge in [-0.25, -0.2) is 9.37 Å². The highest BCUT2D eigenvalue weighted by Crippen LogP contribution is 2.18. The number of hydrogen-bond donors (Lipinski definition) is 0. The largest absolute Gasteiger partial charge is 0.484 e. The van der Waals surface area contributed by atoms with Crippen molar-refractivity contribution < 1.29 is 9.13 Å². The Morgan fingerprint density at radius 1 is 1.35 bits per heavy atom. The lowest BCUT2D eigenvalue weighted by Gasteiger charge is -2.12. The Morgan fingerprint density at radius 3 is 2.82 bits per heavy atom. The molecular weight excluding hydrogens is 219 g/mol. The molecule has 2 rings (SSSR count). The molecule has 17 heavy (non-hydrogen) atoms. The van der Waals surface area contributed by atoms with Crippen molar-refractivity contribution >= 4 is 0 Å². The van der Waals surface area contributed by atoms with E-state index in [2.05, 4.69) is 18.8 Å². The van der Waals surface area contributed by atoms with Crippen LogP contribution in [-0.4, -0.2) is 9.55 Å². The average Bonchev–Trinajstić information content (AvgIpc) is 2.76. The molecule has 1 aromatic carbocycles. The standard InChI is InChI=1S/C13H15FN2O/c1-10(2)16-9-15-7-11(16)8-17-13-6-4-3-5-12(13)14/h3-7,9-10H,8H2,1-2H3. The molecule has 0 fully saturated rings. The Balaban J connectivity index is 2.08. The van der Waals surface area contributed by atoms with Crippen LogP contribution in [0.15, 0.2) is 36.8 Å². The van der Waals surface area contributed by atoms with Gasteiger partial charge in [-0.05, 0) is 26.0 Å². The Labute approximate surface area is 99.9 Å². The van der Waals surface area contributed by atoms with E-state index >= 15 is 0 Å². The number of nitrogens with zero attached hydrogens (tertiary/aromatic N) is 2. The highest BCUT2D eigenvalue weighted by Gasteiger charge is 2.07. The first-order valence-electron chi connectivity index (χ1n) is 5.56. The fraction of sp³-hybridized carbons (Fsp3) is 0.308. The second-order valence-electron chi connectivity index (χ2n) is 4.11. The Kier molecular flexibility index (Phi) is 3.42. The van der Waals surface area contributed by atoms with Crippen LogP contribution < -0.4 is 4.74 Å². The average molecular weight is 234 g/mol. The predicted octanol–water partition coefficient (Wildman–Crippen LogP) is 3.18. The molecule has 0 aliphatic rings. The fourth-order valence-electron chi connectivity index (χ4n) is 1.62. The summed E-state index contributed by atoms with van der Waals surface area (Å²) in [6.07, 6.45) is 3.49. The lowest BCUT2D eigenvalue weighted by atomic mass is 10.3. The van der Waals surface area contributed by atoms with E-state index in [0.717, 1.165) is 5.69 Å². The highest BCUT2D eigenvalue weighted by molar-refractivity contribution is 5.23. The van der Waals surface area contributed by atoms with Gasteiger partial charge >= 0.3 is 0 Å². The van der Waals surface area contributed by atoms with Crippen molar-refractivity contribution in [1.29, 1.82) is 0 Å². The van der Waals surface area contributed by atoms with Crippen LogP contribution in [0.5, 0.6) is 5.75 Å². The molecule has 0 aliphatic heterocycles. The van der Waals surface area contributed by atoms with Crippen LogP contribution in [0.4, 0.5) is 4.39 Å². The zero-order valence-corrected chi connectivity index (χ0v) is 9.93. The summed E-state index contributed by atoms with van der Waals surface area (Å²) in [5.74, 6) is -0.0767. The number of para-hydroxylation sites is 1. The Bertz CT molecular complexity index is 494. The van der Waals surface area contributed by atoms with E-state index in [1.165, 1.54) is 6.07 Å². The third kappa shape index (κ3) is 2.64. The zero-order valence-electron chi connectivity index (χ0n) is 9.93. The van der Waals surface area contributed by atoms with E-state index in [1.807, 2.05) is 4.57 Å². The molecule has 0 amide bonds. The van der Waals surface area contributed by atoms with Crippen LogP contribution in [0.3, 0.4) is 0 Å². The molecule has 0 unspecified atom stereocenters. The summed E-state index contributed by atoms with van der Waals surface area (Å²) in [7, 11) is 0. The van der Waals surface area contributed by atoms with Gasteiger partial charge in [-0.15, -0.1) is 0 Å². The molecule has 0 saturated heterocycles. The SMILES string of the molecule is CC(C)n1cncc1COc1ccccc1F.